The standard InChI is InChI=1S/C10H17N3S.ClH/c11-4-9-2-1-3-13(6-9)7-10-5-12-8-14-10;/h5,8-9H,1-4,6-7,11H2;1H. The van der Waals surface area contributed by atoms with Gasteiger partial charge in [0.15, 0.2) is 0 Å². The number of aromatic nitrogens is 1. The van der Waals surface area contributed by atoms with E-state index in [4.69, 9.17) is 5.73 Å². The van der Waals surface area contributed by atoms with Gasteiger partial charge >= 0.3 is 0 Å². The van der Waals surface area contributed by atoms with Crippen molar-refractivity contribution in [2.45, 2.75) is 19.4 Å². The lowest BCUT2D eigenvalue weighted by atomic mass is 9.98. The molecule has 1 aliphatic heterocycles. The predicted molar refractivity (Wildman–Crippen MR) is 66.4 cm³/mol. The molecule has 0 bridgehead atoms. The largest absolute Gasteiger partial charge is 0.330 e. The van der Waals surface area contributed by atoms with E-state index in [1.54, 1.807) is 11.3 Å². The van der Waals surface area contributed by atoms with Crippen molar-refractivity contribution < 1.29 is 0 Å². The summed E-state index contributed by atoms with van der Waals surface area (Å²) < 4.78 is 0. The van der Waals surface area contributed by atoms with Gasteiger partial charge in [0.2, 0.25) is 0 Å². The Morgan fingerprint density at radius 3 is 3.13 bits per heavy atom. The summed E-state index contributed by atoms with van der Waals surface area (Å²) in [4.78, 5) is 7.95. The number of rotatable bonds is 3. The van der Waals surface area contributed by atoms with Crippen molar-refractivity contribution in [3.05, 3.63) is 16.6 Å². The van der Waals surface area contributed by atoms with Crippen LogP contribution in [0.5, 0.6) is 0 Å². The summed E-state index contributed by atoms with van der Waals surface area (Å²) in [6.45, 7) is 4.27. The van der Waals surface area contributed by atoms with Crippen molar-refractivity contribution in [3.63, 3.8) is 0 Å². The van der Waals surface area contributed by atoms with E-state index < -0.39 is 0 Å². The minimum atomic E-state index is 0. The summed E-state index contributed by atoms with van der Waals surface area (Å²) in [7, 11) is 0. The summed E-state index contributed by atoms with van der Waals surface area (Å²) in [5.74, 6) is 0.705. The second-order valence-corrected chi connectivity index (χ2v) is 4.92. The molecule has 86 valence electrons. The van der Waals surface area contributed by atoms with E-state index in [-0.39, 0.29) is 12.4 Å². The van der Waals surface area contributed by atoms with Gasteiger partial charge < -0.3 is 5.73 Å². The lowest BCUT2D eigenvalue weighted by Crippen LogP contribution is -2.37. The molecule has 1 aromatic heterocycles. The molecule has 5 heteroatoms. The maximum atomic E-state index is 5.70. The summed E-state index contributed by atoms with van der Waals surface area (Å²) in [6.07, 6.45) is 4.56. The molecule has 3 nitrogen and oxygen atoms in total. The molecular weight excluding hydrogens is 230 g/mol. The normalized spacial score (nSPS) is 22.3. The van der Waals surface area contributed by atoms with Crippen molar-refractivity contribution in [1.29, 1.82) is 0 Å². The Morgan fingerprint density at radius 1 is 1.60 bits per heavy atom. The molecule has 1 saturated heterocycles. The Bertz CT molecular complexity index is 266. The molecule has 0 aromatic carbocycles. The fourth-order valence-corrected chi connectivity index (χ4v) is 2.66. The zero-order chi connectivity index (χ0) is 9.80. The number of likely N-dealkylation sites (tertiary alicyclic amines) is 1. The third-order valence-corrected chi connectivity index (χ3v) is 3.56. The van der Waals surface area contributed by atoms with Gasteiger partial charge in [-0.15, -0.1) is 23.7 Å². The first-order chi connectivity index (χ1) is 6.88. The van der Waals surface area contributed by atoms with Crippen LogP contribution >= 0.6 is 23.7 Å². The molecule has 1 unspecified atom stereocenters. The first-order valence-electron chi connectivity index (χ1n) is 5.18. The highest BCUT2D eigenvalue weighted by Gasteiger charge is 2.18. The Labute approximate surface area is 101 Å². The molecule has 1 fully saturated rings. The van der Waals surface area contributed by atoms with E-state index >= 15 is 0 Å². The molecule has 1 atom stereocenters. The van der Waals surface area contributed by atoms with E-state index in [1.807, 2.05) is 11.7 Å². The zero-order valence-electron chi connectivity index (χ0n) is 8.76. The molecule has 2 rings (SSSR count). The quantitative estimate of drug-likeness (QED) is 0.885. The molecule has 0 amide bonds. The van der Waals surface area contributed by atoms with Gasteiger partial charge in [-0.3, -0.25) is 9.88 Å². The van der Waals surface area contributed by atoms with Crippen LogP contribution in [-0.2, 0) is 6.54 Å². The van der Waals surface area contributed by atoms with E-state index in [0.29, 0.717) is 5.92 Å². The van der Waals surface area contributed by atoms with Crippen molar-refractivity contribution in [2.75, 3.05) is 19.6 Å². The van der Waals surface area contributed by atoms with Gasteiger partial charge in [0.05, 0.1) is 5.51 Å². The molecule has 2 heterocycles. The molecule has 0 spiro atoms. The van der Waals surface area contributed by atoms with Gasteiger partial charge in [-0.1, -0.05) is 0 Å². The maximum Gasteiger partial charge on any atom is 0.0794 e. The number of nitrogens with zero attached hydrogens (tertiary/aromatic N) is 2. The summed E-state index contributed by atoms with van der Waals surface area (Å²) >= 11 is 1.74. The van der Waals surface area contributed by atoms with E-state index in [9.17, 15) is 0 Å². The third-order valence-electron chi connectivity index (χ3n) is 2.80. The minimum Gasteiger partial charge on any atom is -0.330 e. The highest BCUT2D eigenvalue weighted by Crippen LogP contribution is 2.18. The number of nitrogens with two attached hydrogens (primary N) is 1. The van der Waals surface area contributed by atoms with Gasteiger partial charge in [0.25, 0.3) is 0 Å². The molecule has 15 heavy (non-hydrogen) atoms. The minimum absolute atomic E-state index is 0. The first kappa shape index (κ1) is 12.9. The zero-order valence-corrected chi connectivity index (χ0v) is 10.4. The van der Waals surface area contributed by atoms with Crippen LogP contribution in [0.2, 0.25) is 0 Å². The van der Waals surface area contributed by atoms with Crippen molar-refractivity contribution in [3.8, 4) is 0 Å². The predicted octanol–water partition coefficient (Wildman–Crippen LogP) is 1.74. The maximum absolute atomic E-state index is 5.70. The van der Waals surface area contributed by atoms with Gasteiger partial charge in [-0.2, -0.15) is 0 Å². The number of hydrogen-bond donors (Lipinski definition) is 1. The number of halogens is 1. The Kier molecular flexibility index (Phi) is 5.53. The average Bonchev–Trinajstić information content (AvgIpc) is 2.71. The number of piperidine rings is 1. The lowest BCUT2D eigenvalue weighted by molar-refractivity contribution is 0.172. The van der Waals surface area contributed by atoms with Crippen LogP contribution < -0.4 is 5.73 Å². The highest BCUT2D eigenvalue weighted by atomic mass is 35.5. The van der Waals surface area contributed by atoms with Crippen LogP contribution in [0.25, 0.3) is 0 Å². The van der Waals surface area contributed by atoms with Crippen molar-refractivity contribution in [1.82, 2.24) is 9.88 Å². The summed E-state index contributed by atoms with van der Waals surface area (Å²) in [5, 5.41) is 0. The molecular formula is C10H18ClN3S. The molecule has 2 N–H and O–H groups in total. The Hall–Kier alpha value is -0.160. The second-order valence-electron chi connectivity index (χ2n) is 3.95. The van der Waals surface area contributed by atoms with Gasteiger partial charge in [0.1, 0.15) is 0 Å². The Balaban J connectivity index is 0.00000112. The van der Waals surface area contributed by atoms with E-state index in [1.165, 1.54) is 24.3 Å². The van der Waals surface area contributed by atoms with Gasteiger partial charge in [0, 0.05) is 24.2 Å². The van der Waals surface area contributed by atoms with Gasteiger partial charge in [-0.05, 0) is 31.8 Å². The monoisotopic (exact) mass is 247 g/mol. The Morgan fingerprint density at radius 2 is 2.47 bits per heavy atom. The molecule has 0 radical (unpaired) electrons. The van der Waals surface area contributed by atoms with Crippen LogP contribution in [-0.4, -0.2) is 29.5 Å². The first-order valence-corrected chi connectivity index (χ1v) is 6.06. The number of hydrogen-bond acceptors (Lipinski definition) is 4. The van der Waals surface area contributed by atoms with Crippen LogP contribution in [0.3, 0.4) is 0 Å². The van der Waals surface area contributed by atoms with Crippen molar-refractivity contribution in [2.24, 2.45) is 11.7 Å². The second kappa shape index (κ2) is 6.43. The third kappa shape index (κ3) is 3.72. The van der Waals surface area contributed by atoms with Crippen molar-refractivity contribution >= 4 is 23.7 Å². The average molecular weight is 248 g/mol. The SMILES string of the molecule is Cl.NCC1CCCN(Cc2cncs2)C1. The summed E-state index contributed by atoms with van der Waals surface area (Å²) in [5.41, 5.74) is 7.60. The fraction of sp³-hybridized carbons (Fsp3) is 0.700. The molecule has 0 aliphatic carbocycles. The van der Waals surface area contributed by atoms with Crippen LogP contribution in [0.4, 0.5) is 0 Å². The highest BCUT2D eigenvalue weighted by molar-refractivity contribution is 7.09. The van der Waals surface area contributed by atoms with E-state index in [2.05, 4.69) is 9.88 Å². The molecule has 0 saturated carbocycles. The summed E-state index contributed by atoms with van der Waals surface area (Å²) in [6, 6.07) is 0. The smallest absolute Gasteiger partial charge is 0.0794 e. The molecule has 1 aliphatic rings. The van der Waals surface area contributed by atoms with E-state index in [0.717, 1.165) is 19.6 Å². The number of thiazole rings is 1. The van der Waals surface area contributed by atoms with Crippen LogP contribution in [0, 0.1) is 5.92 Å². The van der Waals surface area contributed by atoms with Crippen LogP contribution in [0.15, 0.2) is 11.7 Å². The van der Waals surface area contributed by atoms with Gasteiger partial charge in [-0.25, -0.2) is 0 Å². The molecule has 1 aromatic rings. The fourth-order valence-electron chi connectivity index (χ4n) is 2.03. The topological polar surface area (TPSA) is 42.1 Å². The van der Waals surface area contributed by atoms with Crippen LogP contribution in [0.1, 0.15) is 17.7 Å². The lowest BCUT2D eigenvalue weighted by Gasteiger charge is -2.31.